The van der Waals surface area contributed by atoms with Crippen molar-refractivity contribution in [3.05, 3.63) is 5.82 Å². The van der Waals surface area contributed by atoms with Gasteiger partial charge in [-0.3, -0.25) is 0 Å². The van der Waals surface area contributed by atoms with E-state index in [-0.39, 0.29) is 30.0 Å². The van der Waals surface area contributed by atoms with Gasteiger partial charge in [-0.1, -0.05) is 27.7 Å². The molecule has 1 N–H and O–H groups in total. The lowest BCUT2D eigenvalue weighted by atomic mass is 9.59. The highest BCUT2D eigenvalue weighted by Crippen LogP contribution is 2.61. The lowest BCUT2D eigenvalue weighted by molar-refractivity contribution is -0.161. The molecule has 23 heavy (non-hydrogen) atoms. The average molecular weight is 328 g/mol. The minimum Gasteiger partial charge on any atom is -0.479 e. The Labute approximate surface area is 133 Å². The van der Waals surface area contributed by atoms with Crippen LogP contribution in [0, 0.1) is 16.7 Å². The standard InChI is InChI=1S/C15H22F2N4O2/c1-12(2,3)9-5-14(6-9,11(22)23)21-19-10(18-20-21)7-13(4)8-15(13,16)17/h9H,5-8H2,1-4H3,(H,22,23). The number of rotatable bonds is 4. The number of alkyl halides is 2. The Bertz CT molecular complexity index is 646. The zero-order chi connectivity index (χ0) is 17.3. The molecular weight excluding hydrogens is 306 g/mol. The summed E-state index contributed by atoms with van der Waals surface area (Å²) in [5.74, 6) is -3.26. The van der Waals surface area contributed by atoms with Crippen molar-refractivity contribution >= 4 is 5.97 Å². The van der Waals surface area contributed by atoms with Crippen LogP contribution in [-0.2, 0) is 16.8 Å². The summed E-state index contributed by atoms with van der Waals surface area (Å²) in [4.78, 5) is 12.9. The molecule has 0 bridgehead atoms. The number of carbonyl (C=O) groups is 1. The van der Waals surface area contributed by atoms with Crippen LogP contribution in [-0.4, -0.2) is 37.2 Å². The summed E-state index contributed by atoms with van der Waals surface area (Å²) in [5.41, 5.74) is -2.33. The maximum Gasteiger partial charge on any atom is 0.333 e. The number of halogens is 2. The molecule has 3 rings (SSSR count). The van der Waals surface area contributed by atoms with Crippen LogP contribution < -0.4 is 0 Å². The van der Waals surface area contributed by atoms with E-state index in [1.165, 1.54) is 6.92 Å². The molecule has 2 aliphatic rings. The number of carboxylic acid groups (broad SMARTS) is 1. The van der Waals surface area contributed by atoms with Gasteiger partial charge >= 0.3 is 5.97 Å². The summed E-state index contributed by atoms with van der Waals surface area (Å²) >= 11 is 0. The van der Waals surface area contributed by atoms with Crippen LogP contribution in [0.5, 0.6) is 0 Å². The van der Waals surface area contributed by atoms with E-state index in [1.807, 2.05) is 0 Å². The van der Waals surface area contributed by atoms with E-state index >= 15 is 0 Å². The van der Waals surface area contributed by atoms with E-state index in [1.54, 1.807) is 0 Å². The molecule has 1 heterocycles. The number of tetrazole rings is 1. The van der Waals surface area contributed by atoms with E-state index in [4.69, 9.17) is 0 Å². The molecule has 1 aromatic heterocycles. The minimum atomic E-state index is -2.70. The Morgan fingerprint density at radius 2 is 1.96 bits per heavy atom. The first-order valence-electron chi connectivity index (χ1n) is 7.80. The molecule has 0 amide bonds. The van der Waals surface area contributed by atoms with Gasteiger partial charge in [-0.2, -0.15) is 0 Å². The highest BCUT2D eigenvalue weighted by atomic mass is 19.3. The number of aromatic nitrogens is 4. The van der Waals surface area contributed by atoms with Gasteiger partial charge in [-0.05, 0) is 29.4 Å². The number of hydrogen-bond acceptors (Lipinski definition) is 4. The Kier molecular flexibility index (Phi) is 3.17. The molecule has 2 aliphatic carbocycles. The zero-order valence-corrected chi connectivity index (χ0v) is 13.8. The van der Waals surface area contributed by atoms with Crippen molar-refractivity contribution in [2.45, 2.75) is 64.8 Å². The molecule has 2 fully saturated rings. The second kappa shape index (κ2) is 4.48. The Balaban J connectivity index is 1.77. The van der Waals surface area contributed by atoms with Gasteiger partial charge in [0.15, 0.2) is 11.4 Å². The predicted octanol–water partition coefficient (Wildman–Crippen LogP) is 2.50. The van der Waals surface area contributed by atoms with Crippen molar-refractivity contribution in [2.24, 2.45) is 16.7 Å². The Morgan fingerprint density at radius 3 is 2.39 bits per heavy atom. The number of aliphatic carboxylic acids is 1. The third-order valence-corrected chi connectivity index (χ3v) is 5.55. The molecule has 6 nitrogen and oxygen atoms in total. The van der Waals surface area contributed by atoms with Gasteiger partial charge in [0.05, 0.1) is 0 Å². The highest BCUT2D eigenvalue weighted by Gasteiger charge is 2.68. The van der Waals surface area contributed by atoms with Crippen molar-refractivity contribution < 1.29 is 18.7 Å². The van der Waals surface area contributed by atoms with E-state index in [0.29, 0.717) is 12.8 Å². The zero-order valence-electron chi connectivity index (χ0n) is 13.8. The topological polar surface area (TPSA) is 80.9 Å². The highest BCUT2D eigenvalue weighted by molar-refractivity contribution is 5.77. The first-order valence-corrected chi connectivity index (χ1v) is 7.80. The summed E-state index contributed by atoms with van der Waals surface area (Å²) in [6.45, 7) is 7.69. The van der Waals surface area contributed by atoms with E-state index in [0.717, 1.165) is 4.80 Å². The number of hydrogen-bond donors (Lipinski definition) is 1. The summed E-state index contributed by atoms with van der Waals surface area (Å²) in [7, 11) is 0. The molecule has 1 aromatic rings. The lowest BCUT2D eigenvalue weighted by Crippen LogP contribution is -2.56. The van der Waals surface area contributed by atoms with Crippen LogP contribution in [0.4, 0.5) is 8.78 Å². The second-order valence-electron chi connectivity index (χ2n) is 8.42. The quantitative estimate of drug-likeness (QED) is 0.918. The summed E-state index contributed by atoms with van der Waals surface area (Å²) in [6.07, 6.45) is 0.674. The van der Waals surface area contributed by atoms with Crippen molar-refractivity contribution in [3.63, 3.8) is 0 Å². The van der Waals surface area contributed by atoms with Gasteiger partial charge < -0.3 is 5.11 Å². The van der Waals surface area contributed by atoms with Gasteiger partial charge in [0.1, 0.15) is 0 Å². The molecular formula is C15H22F2N4O2. The van der Waals surface area contributed by atoms with Crippen LogP contribution in [0.2, 0.25) is 0 Å². The van der Waals surface area contributed by atoms with Crippen LogP contribution in [0.3, 0.4) is 0 Å². The van der Waals surface area contributed by atoms with Crippen molar-refractivity contribution in [1.82, 2.24) is 20.2 Å². The van der Waals surface area contributed by atoms with Crippen LogP contribution in [0.25, 0.3) is 0 Å². The molecule has 0 saturated heterocycles. The predicted molar refractivity (Wildman–Crippen MR) is 77.0 cm³/mol. The fraction of sp³-hybridized carbons (Fsp3) is 0.867. The van der Waals surface area contributed by atoms with E-state index in [2.05, 4.69) is 36.2 Å². The summed E-state index contributed by atoms with van der Waals surface area (Å²) < 4.78 is 26.6. The maximum absolute atomic E-state index is 13.3. The van der Waals surface area contributed by atoms with Gasteiger partial charge in [-0.25, -0.2) is 13.6 Å². The molecule has 0 aromatic carbocycles. The van der Waals surface area contributed by atoms with Gasteiger partial charge in [0.25, 0.3) is 5.92 Å². The normalized spacial score (nSPS) is 35.7. The average Bonchev–Trinajstić information content (AvgIpc) is 2.67. The second-order valence-corrected chi connectivity index (χ2v) is 8.42. The van der Waals surface area contributed by atoms with Crippen molar-refractivity contribution in [3.8, 4) is 0 Å². The molecule has 0 radical (unpaired) electrons. The van der Waals surface area contributed by atoms with Gasteiger partial charge in [0, 0.05) is 18.3 Å². The van der Waals surface area contributed by atoms with E-state index in [9.17, 15) is 18.7 Å². The van der Waals surface area contributed by atoms with Crippen LogP contribution in [0.1, 0.15) is 52.8 Å². The summed E-state index contributed by atoms with van der Waals surface area (Å²) in [5, 5.41) is 21.4. The van der Waals surface area contributed by atoms with Crippen LogP contribution in [0.15, 0.2) is 0 Å². The third-order valence-electron chi connectivity index (χ3n) is 5.55. The molecule has 8 heteroatoms. The first-order chi connectivity index (χ1) is 10.4. The first kappa shape index (κ1) is 16.3. The largest absolute Gasteiger partial charge is 0.479 e. The minimum absolute atomic E-state index is 0.00586. The van der Waals surface area contributed by atoms with E-state index < -0.39 is 22.8 Å². The molecule has 1 unspecified atom stereocenters. The maximum atomic E-state index is 13.3. The summed E-state index contributed by atoms with van der Waals surface area (Å²) in [6, 6.07) is 0. The van der Waals surface area contributed by atoms with Crippen molar-refractivity contribution in [1.29, 1.82) is 0 Å². The number of nitrogens with zero attached hydrogens (tertiary/aromatic N) is 4. The molecule has 1 atom stereocenters. The number of carboxylic acids is 1. The lowest BCUT2D eigenvalue weighted by Gasteiger charge is -2.48. The third kappa shape index (κ3) is 2.42. The van der Waals surface area contributed by atoms with Gasteiger partial charge in [-0.15, -0.1) is 15.0 Å². The Hall–Kier alpha value is -1.60. The van der Waals surface area contributed by atoms with Gasteiger partial charge in [0.2, 0.25) is 0 Å². The monoisotopic (exact) mass is 328 g/mol. The van der Waals surface area contributed by atoms with Crippen LogP contribution >= 0.6 is 0 Å². The molecule has 128 valence electrons. The molecule has 2 saturated carbocycles. The Morgan fingerprint density at radius 1 is 1.39 bits per heavy atom. The molecule has 0 aliphatic heterocycles. The fourth-order valence-corrected chi connectivity index (χ4v) is 3.27. The smallest absolute Gasteiger partial charge is 0.333 e. The fourth-order valence-electron chi connectivity index (χ4n) is 3.27. The SMILES string of the molecule is CC(C)(C)C1CC(C(=O)O)(n2nnc(CC3(C)CC3(F)F)n2)C1. The molecule has 0 spiro atoms. The van der Waals surface area contributed by atoms with Crippen molar-refractivity contribution in [2.75, 3.05) is 0 Å².